The van der Waals surface area contributed by atoms with Crippen LogP contribution in [-0.4, -0.2) is 20.1 Å². The molecule has 0 saturated carbocycles. The van der Waals surface area contributed by atoms with Crippen LogP contribution in [0.5, 0.6) is 0 Å². The largest absolute Gasteiger partial charge is 0.347 e. The van der Waals surface area contributed by atoms with Gasteiger partial charge in [0.05, 0.1) is 10.9 Å². The third-order valence-corrected chi connectivity index (χ3v) is 6.27. The van der Waals surface area contributed by atoms with Crippen LogP contribution in [0.3, 0.4) is 0 Å². The molecular weight excluding hydrogens is 342 g/mol. The number of hydrogen-bond acceptors (Lipinski definition) is 4. The summed E-state index contributed by atoms with van der Waals surface area (Å²) in [6.07, 6.45) is 0. The van der Waals surface area contributed by atoms with Gasteiger partial charge in [0.25, 0.3) is 0 Å². The lowest BCUT2D eigenvalue weighted by atomic mass is 9.86. The van der Waals surface area contributed by atoms with Crippen LogP contribution in [0.25, 0.3) is 0 Å². The van der Waals surface area contributed by atoms with E-state index in [1.165, 1.54) is 0 Å². The van der Waals surface area contributed by atoms with E-state index in [9.17, 15) is 13.2 Å². The normalized spacial score (nSPS) is 13.5. The molecule has 2 rings (SSSR count). The fraction of sp³-hybridized carbons (Fsp3) is 0.389. The molecular formula is C18H23NO3S2. The van der Waals surface area contributed by atoms with E-state index in [1.807, 2.05) is 45.2 Å². The Morgan fingerprint density at radius 2 is 1.79 bits per heavy atom. The Morgan fingerprint density at radius 3 is 2.29 bits per heavy atom. The van der Waals surface area contributed by atoms with Crippen molar-refractivity contribution in [2.45, 2.75) is 38.6 Å². The van der Waals surface area contributed by atoms with Crippen LogP contribution in [0, 0.1) is 12.3 Å². The molecule has 24 heavy (non-hydrogen) atoms. The molecule has 1 N–H and O–H groups in total. The first-order valence-electron chi connectivity index (χ1n) is 7.72. The molecule has 1 amide bonds. The van der Waals surface area contributed by atoms with Crippen LogP contribution in [-0.2, 0) is 14.6 Å². The lowest BCUT2D eigenvalue weighted by Crippen LogP contribution is -2.39. The minimum Gasteiger partial charge on any atom is -0.347 e. The van der Waals surface area contributed by atoms with Gasteiger partial charge in [0.15, 0.2) is 9.84 Å². The molecule has 1 aromatic carbocycles. The van der Waals surface area contributed by atoms with Gasteiger partial charge in [-0.25, -0.2) is 8.42 Å². The Bertz CT molecular complexity index is 786. The molecule has 0 aliphatic carbocycles. The van der Waals surface area contributed by atoms with E-state index < -0.39 is 21.5 Å². The van der Waals surface area contributed by atoms with Crippen LogP contribution >= 0.6 is 11.3 Å². The van der Waals surface area contributed by atoms with E-state index in [0.29, 0.717) is 0 Å². The van der Waals surface area contributed by atoms with E-state index in [-0.39, 0.29) is 16.4 Å². The molecule has 4 nitrogen and oxygen atoms in total. The molecule has 1 unspecified atom stereocenters. The minimum atomic E-state index is -3.64. The lowest BCUT2D eigenvalue weighted by Gasteiger charge is -2.30. The summed E-state index contributed by atoms with van der Waals surface area (Å²) in [5, 5.41) is 4.84. The fourth-order valence-electron chi connectivity index (χ4n) is 2.37. The number of amides is 1. The summed E-state index contributed by atoms with van der Waals surface area (Å²) >= 11 is 1.55. The highest BCUT2D eigenvalue weighted by Crippen LogP contribution is 2.35. The highest BCUT2D eigenvalue weighted by Gasteiger charge is 2.30. The number of carbonyl (C=O) groups excluding carboxylic acids is 1. The quantitative estimate of drug-likeness (QED) is 0.878. The Morgan fingerprint density at radius 1 is 1.17 bits per heavy atom. The first-order chi connectivity index (χ1) is 11.1. The Balaban J connectivity index is 2.15. The molecule has 1 atom stereocenters. The number of sulfone groups is 1. The van der Waals surface area contributed by atoms with Crippen molar-refractivity contribution in [1.29, 1.82) is 0 Å². The average Bonchev–Trinajstić information content (AvgIpc) is 2.97. The second-order valence-electron chi connectivity index (χ2n) is 6.95. The summed E-state index contributed by atoms with van der Waals surface area (Å²) in [7, 11) is -3.64. The first-order valence-corrected chi connectivity index (χ1v) is 10.2. The monoisotopic (exact) mass is 365 g/mol. The van der Waals surface area contributed by atoms with Crippen molar-refractivity contribution in [3.8, 4) is 0 Å². The Kier molecular flexibility index (Phi) is 5.50. The molecule has 2 aromatic rings. The van der Waals surface area contributed by atoms with Gasteiger partial charge in [-0.3, -0.25) is 4.79 Å². The van der Waals surface area contributed by atoms with Gasteiger partial charge in [-0.05, 0) is 35.9 Å². The molecule has 130 valence electrons. The van der Waals surface area contributed by atoms with E-state index in [1.54, 1.807) is 35.6 Å². The molecule has 1 heterocycles. The van der Waals surface area contributed by atoms with Crippen LogP contribution in [0.15, 0.2) is 46.7 Å². The summed E-state index contributed by atoms with van der Waals surface area (Å²) in [5.74, 6) is -1.03. The molecule has 0 fully saturated rings. The van der Waals surface area contributed by atoms with Crippen molar-refractivity contribution in [1.82, 2.24) is 5.32 Å². The van der Waals surface area contributed by atoms with Crippen molar-refractivity contribution < 1.29 is 13.2 Å². The van der Waals surface area contributed by atoms with Gasteiger partial charge in [0.2, 0.25) is 5.91 Å². The number of carbonyl (C=O) groups is 1. The topological polar surface area (TPSA) is 63.2 Å². The van der Waals surface area contributed by atoms with Crippen molar-refractivity contribution >= 4 is 27.1 Å². The summed E-state index contributed by atoms with van der Waals surface area (Å²) in [6.45, 7) is 7.95. The predicted octanol–water partition coefficient (Wildman–Crippen LogP) is 3.73. The molecule has 0 aliphatic heterocycles. The van der Waals surface area contributed by atoms with Crippen molar-refractivity contribution in [2.24, 2.45) is 5.41 Å². The third kappa shape index (κ3) is 4.68. The molecule has 6 heteroatoms. The van der Waals surface area contributed by atoms with Gasteiger partial charge in [0.1, 0.15) is 5.75 Å². The Labute approximate surface area is 147 Å². The van der Waals surface area contributed by atoms with E-state index in [4.69, 9.17) is 0 Å². The fourth-order valence-corrected chi connectivity index (χ4v) is 4.54. The molecule has 0 spiro atoms. The van der Waals surface area contributed by atoms with Gasteiger partial charge >= 0.3 is 0 Å². The van der Waals surface area contributed by atoms with Crippen LogP contribution in [0.4, 0.5) is 0 Å². The number of hydrogen-bond donors (Lipinski definition) is 1. The van der Waals surface area contributed by atoms with Gasteiger partial charge < -0.3 is 5.32 Å². The number of rotatable bonds is 5. The maximum atomic E-state index is 12.4. The maximum Gasteiger partial charge on any atom is 0.236 e. The molecule has 1 aromatic heterocycles. The summed E-state index contributed by atoms with van der Waals surface area (Å²) in [6, 6.07) is 10.2. The second-order valence-corrected chi connectivity index (χ2v) is 9.92. The number of nitrogens with one attached hydrogen (secondary N) is 1. The molecule has 0 saturated heterocycles. The minimum absolute atomic E-state index is 0.173. The number of benzene rings is 1. The number of aryl methyl sites for hydroxylation is 1. The zero-order valence-electron chi connectivity index (χ0n) is 14.4. The summed E-state index contributed by atoms with van der Waals surface area (Å²) < 4.78 is 24.8. The zero-order valence-corrected chi connectivity index (χ0v) is 16.0. The summed E-state index contributed by atoms with van der Waals surface area (Å²) in [5.41, 5.74) is 0.762. The van der Waals surface area contributed by atoms with Gasteiger partial charge in [-0.1, -0.05) is 44.5 Å². The third-order valence-electron chi connectivity index (χ3n) is 3.70. The van der Waals surface area contributed by atoms with Gasteiger partial charge in [-0.2, -0.15) is 0 Å². The zero-order chi connectivity index (χ0) is 18.0. The Hall–Kier alpha value is -1.66. The smallest absolute Gasteiger partial charge is 0.236 e. The van der Waals surface area contributed by atoms with Crippen molar-refractivity contribution in [2.75, 3.05) is 5.75 Å². The molecule has 0 radical (unpaired) electrons. The van der Waals surface area contributed by atoms with Crippen molar-refractivity contribution in [3.05, 3.63) is 52.2 Å². The first kappa shape index (κ1) is 18.7. The van der Waals surface area contributed by atoms with Crippen molar-refractivity contribution in [3.63, 3.8) is 0 Å². The van der Waals surface area contributed by atoms with Crippen LogP contribution < -0.4 is 5.32 Å². The molecule has 0 aliphatic rings. The highest BCUT2D eigenvalue weighted by molar-refractivity contribution is 7.92. The average molecular weight is 366 g/mol. The van der Waals surface area contributed by atoms with Crippen LogP contribution in [0.2, 0.25) is 0 Å². The predicted molar refractivity (Wildman–Crippen MR) is 97.9 cm³/mol. The maximum absolute atomic E-state index is 12.4. The highest BCUT2D eigenvalue weighted by atomic mass is 32.2. The van der Waals surface area contributed by atoms with E-state index in [0.717, 1.165) is 10.4 Å². The van der Waals surface area contributed by atoms with E-state index in [2.05, 4.69) is 5.32 Å². The standard InChI is InChI=1S/C18H23NO3S2/c1-13-7-9-14(10-8-13)24(21,22)12-16(20)19-17(18(2,3)4)15-6-5-11-23-15/h5-11,17H,12H2,1-4H3,(H,19,20). The van der Waals surface area contributed by atoms with Gasteiger partial charge in [-0.15, -0.1) is 11.3 Å². The summed E-state index contributed by atoms with van der Waals surface area (Å²) in [4.78, 5) is 13.6. The second kappa shape index (κ2) is 7.07. The number of thiophene rings is 1. The lowest BCUT2D eigenvalue weighted by molar-refractivity contribution is -0.120. The van der Waals surface area contributed by atoms with Crippen LogP contribution in [0.1, 0.15) is 37.3 Å². The van der Waals surface area contributed by atoms with E-state index >= 15 is 0 Å². The SMILES string of the molecule is Cc1ccc(S(=O)(=O)CC(=O)NC(c2cccs2)C(C)(C)C)cc1. The molecule has 0 bridgehead atoms. The van der Waals surface area contributed by atoms with Gasteiger partial charge in [0, 0.05) is 4.88 Å².